The molecule has 2 amide bonds. The van der Waals surface area contributed by atoms with E-state index in [1.165, 1.54) is 24.3 Å². The lowest BCUT2D eigenvalue weighted by Crippen LogP contribution is -2.24. The number of aromatic nitrogens is 2. The lowest BCUT2D eigenvalue weighted by Gasteiger charge is -2.15. The highest BCUT2D eigenvalue weighted by molar-refractivity contribution is 5.94. The molecule has 4 rings (SSSR count). The number of halogens is 1. The number of amides is 2. The van der Waals surface area contributed by atoms with Gasteiger partial charge in [-0.1, -0.05) is 35.5 Å². The zero-order chi connectivity index (χ0) is 20.2. The van der Waals surface area contributed by atoms with E-state index >= 15 is 0 Å². The van der Waals surface area contributed by atoms with Crippen molar-refractivity contribution in [2.45, 2.75) is 25.4 Å². The van der Waals surface area contributed by atoms with Crippen molar-refractivity contribution in [3.8, 4) is 0 Å². The average molecular weight is 394 g/mol. The molecule has 1 atom stereocenters. The molecule has 148 valence electrons. The van der Waals surface area contributed by atoms with Crippen molar-refractivity contribution in [2.75, 3.05) is 6.54 Å². The standard InChI is InChI=1S/C21H19FN4O3/c22-17-8-6-15(7-9-17)21(28)23-11-18-24-20(25-29-18)16-10-19(27)26(13-16)12-14-4-2-1-3-5-14/h1-9,16H,10-13H2,(H,23,28)/t16-/m1/s1. The van der Waals surface area contributed by atoms with Gasteiger partial charge in [0.25, 0.3) is 5.91 Å². The monoisotopic (exact) mass is 394 g/mol. The Labute approximate surface area is 166 Å². The first-order valence-corrected chi connectivity index (χ1v) is 9.26. The van der Waals surface area contributed by atoms with Crippen LogP contribution >= 0.6 is 0 Å². The van der Waals surface area contributed by atoms with Crippen LogP contribution in [0.4, 0.5) is 4.39 Å². The first-order chi connectivity index (χ1) is 14.1. The summed E-state index contributed by atoms with van der Waals surface area (Å²) >= 11 is 0. The molecule has 0 saturated carbocycles. The molecule has 1 fully saturated rings. The summed E-state index contributed by atoms with van der Waals surface area (Å²) in [4.78, 5) is 30.5. The fraction of sp³-hybridized carbons (Fsp3) is 0.238. The summed E-state index contributed by atoms with van der Waals surface area (Å²) in [5.41, 5.74) is 1.41. The number of hydrogen-bond donors (Lipinski definition) is 1. The predicted octanol–water partition coefficient (Wildman–Crippen LogP) is 2.65. The molecular weight excluding hydrogens is 375 g/mol. The number of nitrogens with zero attached hydrogens (tertiary/aromatic N) is 3. The van der Waals surface area contributed by atoms with Gasteiger partial charge in [0.1, 0.15) is 5.82 Å². The number of carbonyl (C=O) groups excluding carboxylic acids is 2. The lowest BCUT2D eigenvalue weighted by atomic mass is 10.1. The number of hydrogen-bond acceptors (Lipinski definition) is 5. The molecule has 1 saturated heterocycles. The molecule has 0 spiro atoms. The van der Waals surface area contributed by atoms with Crippen molar-refractivity contribution in [3.05, 3.63) is 83.3 Å². The van der Waals surface area contributed by atoms with Gasteiger partial charge >= 0.3 is 0 Å². The van der Waals surface area contributed by atoms with Crippen molar-refractivity contribution < 1.29 is 18.5 Å². The first kappa shape index (κ1) is 18.8. The number of nitrogens with one attached hydrogen (secondary N) is 1. The number of likely N-dealkylation sites (tertiary alicyclic amines) is 1. The van der Waals surface area contributed by atoms with Gasteiger partial charge in [0.15, 0.2) is 5.82 Å². The van der Waals surface area contributed by atoms with E-state index in [-0.39, 0.29) is 30.2 Å². The first-order valence-electron chi connectivity index (χ1n) is 9.26. The normalized spacial score (nSPS) is 16.2. The van der Waals surface area contributed by atoms with E-state index < -0.39 is 5.82 Å². The molecule has 1 aliphatic rings. The Bertz CT molecular complexity index is 1000. The summed E-state index contributed by atoms with van der Waals surface area (Å²) in [6, 6.07) is 15.0. The van der Waals surface area contributed by atoms with E-state index in [4.69, 9.17) is 4.52 Å². The van der Waals surface area contributed by atoms with Gasteiger partial charge in [-0.15, -0.1) is 0 Å². The van der Waals surface area contributed by atoms with E-state index in [9.17, 15) is 14.0 Å². The second-order valence-electron chi connectivity index (χ2n) is 6.90. The third-order valence-corrected chi connectivity index (χ3v) is 4.79. The second kappa shape index (κ2) is 8.22. The van der Waals surface area contributed by atoms with Gasteiger partial charge in [-0.2, -0.15) is 4.98 Å². The maximum absolute atomic E-state index is 12.9. The third-order valence-electron chi connectivity index (χ3n) is 4.79. The Hall–Kier alpha value is -3.55. The molecule has 1 aromatic heterocycles. The summed E-state index contributed by atoms with van der Waals surface area (Å²) in [6.07, 6.45) is 0.327. The van der Waals surface area contributed by atoms with Gasteiger partial charge in [-0.25, -0.2) is 4.39 Å². The molecule has 1 N–H and O–H groups in total. The van der Waals surface area contributed by atoms with Crippen LogP contribution in [-0.2, 0) is 17.9 Å². The predicted molar refractivity (Wildman–Crippen MR) is 101 cm³/mol. The fourth-order valence-electron chi connectivity index (χ4n) is 3.27. The molecular formula is C21H19FN4O3. The second-order valence-corrected chi connectivity index (χ2v) is 6.90. The highest BCUT2D eigenvalue weighted by Crippen LogP contribution is 2.27. The van der Waals surface area contributed by atoms with E-state index in [0.29, 0.717) is 30.9 Å². The quantitative estimate of drug-likeness (QED) is 0.694. The minimum atomic E-state index is -0.407. The van der Waals surface area contributed by atoms with Crippen LogP contribution in [0.2, 0.25) is 0 Å². The van der Waals surface area contributed by atoms with E-state index in [1.807, 2.05) is 30.3 Å². The fourth-order valence-corrected chi connectivity index (χ4v) is 3.27. The van der Waals surface area contributed by atoms with Crippen LogP contribution < -0.4 is 5.32 Å². The molecule has 8 heteroatoms. The van der Waals surface area contributed by atoms with Crippen LogP contribution in [0.15, 0.2) is 59.1 Å². The molecule has 0 unspecified atom stereocenters. The van der Waals surface area contributed by atoms with Gasteiger partial charge in [0.05, 0.1) is 6.54 Å². The van der Waals surface area contributed by atoms with Gasteiger partial charge in [0.2, 0.25) is 11.8 Å². The number of carbonyl (C=O) groups is 2. The molecule has 2 aromatic carbocycles. The highest BCUT2D eigenvalue weighted by atomic mass is 19.1. The lowest BCUT2D eigenvalue weighted by molar-refractivity contribution is -0.128. The van der Waals surface area contributed by atoms with Crippen LogP contribution in [0.3, 0.4) is 0 Å². The van der Waals surface area contributed by atoms with Crippen LogP contribution in [0.1, 0.15) is 40.0 Å². The SMILES string of the molecule is O=C(NCc1nc([C@@H]2CC(=O)N(Cc3ccccc3)C2)no1)c1ccc(F)cc1. The van der Waals surface area contributed by atoms with E-state index in [1.54, 1.807) is 4.90 Å². The smallest absolute Gasteiger partial charge is 0.251 e. The molecule has 0 bridgehead atoms. The summed E-state index contributed by atoms with van der Waals surface area (Å²) in [6.45, 7) is 1.13. The van der Waals surface area contributed by atoms with Crippen molar-refractivity contribution in [2.24, 2.45) is 0 Å². The van der Waals surface area contributed by atoms with Crippen molar-refractivity contribution in [3.63, 3.8) is 0 Å². The number of benzene rings is 2. The summed E-state index contributed by atoms with van der Waals surface area (Å²) in [5, 5.41) is 6.62. The molecule has 3 aromatic rings. The summed E-state index contributed by atoms with van der Waals surface area (Å²) in [7, 11) is 0. The van der Waals surface area contributed by atoms with Gasteiger partial charge < -0.3 is 14.7 Å². The Morgan fingerprint density at radius 2 is 1.93 bits per heavy atom. The van der Waals surface area contributed by atoms with Crippen LogP contribution in [-0.4, -0.2) is 33.4 Å². The zero-order valence-electron chi connectivity index (χ0n) is 15.5. The van der Waals surface area contributed by atoms with Crippen LogP contribution in [0, 0.1) is 5.82 Å². The summed E-state index contributed by atoms with van der Waals surface area (Å²) in [5.74, 6) is -0.152. The average Bonchev–Trinajstić information content (AvgIpc) is 3.34. The largest absolute Gasteiger partial charge is 0.343 e. The maximum Gasteiger partial charge on any atom is 0.251 e. The highest BCUT2D eigenvalue weighted by Gasteiger charge is 2.33. The molecule has 7 nitrogen and oxygen atoms in total. The van der Waals surface area contributed by atoms with E-state index in [2.05, 4.69) is 15.5 Å². The molecule has 1 aliphatic heterocycles. The van der Waals surface area contributed by atoms with Gasteiger partial charge in [0, 0.05) is 31.0 Å². The topological polar surface area (TPSA) is 88.3 Å². The summed E-state index contributed by atoms with van der Waals surface area (Å²) < 4.78 is 18.1. The zero-order valence-corrected chi connectivity index (χ0v) is 15.5. The Kier molecular flexibility index (Phi) is 5.33. The molecule has 29 heavy (non-hydrogen) atoms. The minimum Gasteiger partial charge on any atom is -0.343 e. The van der Waals surface area contributed by atoms with Crippen LogP contribution in [0.5, 0.6) is 0 Å². The van der Waals surface area contributed by atoms with Gasteiger partial charge in [-0.3, -0.25) is 9.59 Å². The molecule has 0 radical (unpaired) electrons. The van der Waals surface area contributed by atoms with E-state index in [0.717, 1.165) is 5.56 Å². The van der Waals surface area contributed by atoms with Crippen molar-refractivity contribution >= 4 is 11.8 Å². The molecule has 0 aliphatic carbocycles. The third kappa shape index (κ3) is 4.48. The molecule has 2 heterocycles. The maximum atomic E-state index is 12.9. The van der Waals surface area contributed by atoms with Crippen molar-refractivity contribution in [1.82, 2.24) is 20.4 Å². The Balaban J connectivity index is 1.33. The minimum absolute atomic E-state index is 0.0508. The Morgan fingerprint density at radius 3 is 2.69 bits per heavy atom. The van der Waals surface area contributed by atoms with Gasteiger partial charge in [-0.05, 0) is 29.8 Å². The van der Waals surface area contributed by atoms with Crippen LogP contribution in [0.25, 0.3) is 0 Å². The number of rotatable bonds is 6. The Morgan fingerprint density at radius 1 is 1.17 bits per heavy atom. The van der Waals surface area contributed by atoms with Crippen molar-refractivity contribution in [1.29, 1.82) is 0 Å².